The van der Waals surface area contributed by atoms with Gasteiger partial charge in [-0.1, -0.05) is 18.2 Å². The molecule has 1 aromatic heterocycles. The fraction of sp³-hybridized carbons (Fsp3) is 0.545. The van der Waals surface area contributed by atoms with Crippen molar-refractivity contribution >= 4 is 40.0 Å². The Bertz CT molecular complexity index is 999. The molecule has 1 aliphatic rings. The highest BCUT2D eigenvalue weighted by atomic mass is 127. The molecule has 0 radical (unpaired) electrons. The highest BCUT2D eigenvalue weighted by Gasteiger charge is 2.29. The van der Waals surface area contributed by atoms with Gasteiger partial charge in [-0.05, 0) is 51.7 Å². The Morgan fingerprint density at radius 1 is 1.16 bits per heavy atom. The first kappa shape index (κ1) is 26.6. The van der Waals surface area contributed by atoms with Gasteiger partial charge in [-0.3, -0.25) is 4.68 Å². The standard InChI is InChI=1S/C22H34N6O2S.HI/c1-5-23-22(25-16-21-17(2)26-27(4)18(21)3)24-15-19-11-13-28(14-12-19)31(29,30)20-9-7-6-8-10-20;/h6-10,19H,5,11-16H2,1-4H3,(H2,23,24,25);1H. The number of hydrogen-bond acceptors (Lipinski definition) is 4. The normalized spacial score (nSPS) is 15.9. The van der Waals surface area contributed by atoms with Crippen LogP contribution in [0.5, 0.6) is 0 Å². The molecule has 10 heteroatoms. The third kappa shape index (κ3) is 6.44. The molecule has 1 aromatic carbocycles. The second-order valence-corrected chi connectivity index (χ2v) is 9.95. The summed E-state index contributed by atoms with van der Waals surface area (Å²) in [5.74, 6) is 1.19. The van der Waals surface area contributed by atoms with Crippen LogP contribution >= 0.6 is 24.0 Å². The lowest BCUT2D eigenvalue weighted by molar-refractivity contribution is 0.273. The van der Waals surface area contributed by atoms with Crippen molar-refractivity contribution in [3.8, 4) is 0 Å². The number of nitrogens with one attached hydrogen (secondary N) is 2. The van der Waals surface area contributed by atoms with Crippen LogP contribution in [0.25, 0.3) is 0 Å². The molecule has 0 bridgehead atoms. The molecule has 0 unspecified atom stereocenters. The summed E-state index contributed by atoms with van der Waals surface area (Å²) in [6, 6.07) is 8.68. The number of halogens is 1. The first-order chi connectivity index (χ1) is 14.8. The van der Waals surface area contributed by atoms with Crippen LogP contribution in [-0.4, -0.2) is 54.6 Å². The van der Waals surface area contributed by atoms with E-state index in [4.69, 9.17) is 4.99 Å². The van der Waals surface area contributed by atoms with Gasteiger partial charge in [0.1, 0.15) is 0 Å². The molecular weight excluding hydrogens is 539 g/mol. The maximum atomic E-state index is 12.8. The monoisotopic (exact) mass is 574 g/mol. The van der Waals surface area contributed by atoms with Gasteiger partial charge in [-0.2, -0.15) is 9.40 Å². The van der Waals surface area contributed by atoms with Crippen LogP contribution in [0.2, 0.25) is 0 Å². The van der Waals surface area contributed by atoms with E-state index in [0.717, 1.165) is 48.8 Å². The van der Waals surface area contributed by atoms with Gasteiger partial charge in [0.25, 0.3) is 0 Å². The first-order valence-corrected chi connectivity index (χ1v) is 12.3. The lowest BCUT2D eigenvalue weighted by atomic mass is 9.98. The second-order valence-electron chi connectivity index (χ2n) is 8.01. The first-order valence-electron chi connectivity index (χ1n) is 10.9. The average molecular weight is 575 g/mol. The molecule has 0 saturated carbocycles. The highest BCUT2D eigenvalue weighted by molar-refractivity contribution is 14.0. The molecule has 2 heterocycles. The number of hydrogen-bond donors (Lipinski definition) is 2. The fourth-order valence-electron chi connectivity index (χ4n) is 3.88. The van der Waals surface area contributed by atoms with Gasteiger partial charge in [0, 0.05) is 44.5 Å². The molecule has 2 N–H and O–H groups in total. The maximum absolute atomic E-state index is 12.8. The molecule has 8 nitrogen and oxygen atoms in total. The number of aromatic nitrogens is 2. The van der Waals surface area contributed by atoms with Crippen molar-refractivity contribution in [3.63, 3.8) is 0 Å². The summed E-state index contributed by atoms with van der Waals surface area (Å²) < 4.78 is 29.1. The predicted octanol–water partition coefficient (Wildman–Crippen LogP) is 2.81. The minimum absolute atomic E-state index is 0. The molecule has 0 aliphatic carbocycles. The van der Waals surface area contributed by atoms with Crippen LogP contribution in [0.15, 0.2) is 40.2 Å². The Balaban J connectivity index is 0.00000363. The Morgan fingerprint density at radius 2 is 1.81 bits per heavy atom. The third-order valence-corrected chi connectivity index (χ3v) is 7.82. The SMILES string of the molecule is CCNC(=NCc1c(C)nn(C)c1C)NCC1CCN(S(=O)(=O)c2ccccc2)CC1.I. The number of nitrogens with zero attached hydrogens (tertiary/aromatic N) is 4. The summed E-state index contributed by atoms with van der Waals surface area (Å²) in [4.78, 5) is 5.10. The van der Waals surface area contributed by atoms with Gasteiger partial charge in [0.2, 0.25) is 10.0 Å². The quantitative estimate of drug-likeness (QED) is 0.302. The van der Waals surface area contributed by atoms with Crippen molar-refractivity contribution in [2.24, 2.45) is 18.0 Å². The van der Waals surface area contributed by atoms with Gasteiger partial charge >= 0.3 is 0 Å². The summed E-state index contributed by atoms with van der Waals surface area (Å²) in [7, 11) is -1.45. The van der Waals surface area contributed by atoms with Crippen molar-refractivity contribution in [2.75, 3.05) is 26.2 Å². The van der Waals surface area contributed by atoms with E-state index in [2.05, 4.69) is 22.7 Å². The Hall–Kier alpha value is -1.66. The third-order valence-electron chi connectivity index (χ3n) is 5.91. The van der Waals surface area contributed by atoms with Crippen molar-refractivity contribution in [2.45, 2.75) is 45.1 Å². The van der Waals surface area contributed by atoms with E-state index >= 15 is 0 Å². The second kappa shape index (κ2) is 12.0. The summed E-state index contributed by atoms with van der Waals surface area (Å²) in [6.45, 7) is 9.34. The highest BCUT2D eigenvalue weighted by Crippen LogP contribution is 2.23. The molecular formula is C22H35IN6O2S. The van der Waals surface area contributed by atoms with Gasteiger partial charge in [0.05, 0.1) is 17.1 Å². The average Bonchev–Trinajstić information content (AvgIpc) is 3.02. The van der Waals surface area contributed by atoms with E-state index in [0.29, 0.717) is 30.4 Å². The Kier molecular flexibility index (Phi) is 9.96. The maximum Gasteiger partial charge on any atom is 0.243 e. The zero-order valence-corrected chi connectivity index (χ0v) is 22.5. The lowest BCUT2D eigenvalue weighted by Gasteiger charge is -2.31. The van der Waals surface area contributed by atoms with Crippen LogP contribution < -0.4 is 10.6 Å². The predicted molar refractivity (Wildman–Crippen MR) is 139 cm³/mol. The zero-order valence-electron chi connectivity index (χ0n) is 19.3. The van der Waals surface area contributed by atoms with E-state index in [1.807, 2.05) is 31.6 Å². The fourth-order valence-corrected chi connectivity index (χ4v) is 5.37. The van der Waals surface area contributed by atoms with Gasteiger partial charge in [-0.25, -0.2) is 13.4 Å². The minimum Gasteiger partial charge on any atom is -0.357 e. The number of piperidine rings is 1. The van der Waals surface area contributed by atoms with E-state index in [9.17, 15) is 8.42 Å². The molecule has 0 amide bonds. The van der Waals surface area contributed by atoms with Crippen molar-refractivity contribution in [1.82, 2.24) is 24.7 Å². The summed E-state index contributed by atoms with van der Waals surface area (Å²) >= 11 is 0. The van der Waals surface area contributed by atoms with Gasteiger partial charge in [0.15, 0.2) is 5.96 Å². The molecule has 1 aliphatic heterocycles. The molecule has 32 heavy (non-hydrogen) atoms. The minimum atomic E-state index is -3.40. The lowest BCUT2D eigenvalue weighted by Crippen LogP contribution is -2.44. The summed E-state index contributed by atoms with van der Waals surface area (Å²) in [5, 5.41) is 11.2. The van der Waals surface area contributed by atoms with Gasteiger partial charge < -0.3 is 10.6 Å². The number of rotatable bonds is 7. The van der Waals surface area contributed by atoms with Crippen LogP contribution in [-0.2, 0) is 23.6 Å². The largest absolute Gasteiger partial charge is 0.357 e. The topological polar surface area (TPSA) is 91.6 Å². The number of benzene rings is 1. The number of sulfonamides is 1. The number of aliphatic imine (C=N–C) groups is 1. The van der Waals surface area contributed by atoms with Crippen molar-refractivity contribution < 1.29 is 8.42 Å². The van der Waals surface area contributed by atoms with Crippen LogP contribution in [0, 0.1) is 19.8 Å². The van der Waals surface area contributed by atoms with E-state index in [1.165, 1.54) is 0 Å². The van der Waals surface area contributed by atoms with Gasteiger partial charge in [-0.15, -0.1) is 24.0 Å². The molecule has 2 aromatic rings. The zero-order chi connectivity index (χ0) is 22.4. The van der Waals surface area contributed by atoms with Crippen LogP contribution in [0.3, 0.4) is 0 Å². The molecule has 0 spiro atoms. The molecule has 178 valence electrons. The smallest absolute Gasteiger partial charge is 0.243 e. The summed E-state index contributed by atoms with van der Waals surface area (Å²) in [6.07, 6.45) is 1.67. The Morgan fingerprint density at radius 3 is 2.38 bits per heavy atom. The summed E-state index contributed by atoms with van der Waals surface area (Å²) in [5.41, 5.74) is 3.29. The molecule has 1 saturated heterocycles. The van der Waals surface area contributed by atoms with Crippen molar-refractivity contribution in [3.05, 3.63) is 47.3 Å². The molecule has 3 rings (SSSR count). The molecule has 1 fully saturated rings. The van der Waals surface area contributed by atoms with Crippen LogP contribution in [0.4, 0.5) is 0 Å². The van der Waals surface area contributed by atoms with E-state index in [-0.39, 0.29) is 24.0 Å². The van der Waals surface area contributed by atoms with E-state index in [1.54, 1.807) is 28.6 Å². The van der Waals surface area contributed by atoms with Crippen LogP contribution in [0.1, 0.15) is 36.7 Å². The number of guanidine groups is 1. The number of aryl methyl sites for hydroxylation is 2. The van der Waals surface area contributed by atoms with E-state index < -0.39 is 10.0 Å². The Labute approximate surface area is 208 Å². The van der Waals surface area contributed by atoms with Crippen molar-refractivity contribution in [1.29, 1.82) is 0 Å². The molecule has 0 atom stereocenters.